The summed E-state index contributed by atoms with van der Waals surface area (Å²) in [6, 6.07) is 3.02. The van der Waals surface area contributed by atoms with Crippen LogP contribution in [0.25, 0.3) is 0 Å². The quantitative estimate of drug-likeness (QED) is 0.641. The van der Waals surface area contributed by atoms with Gasteiger partial charge in [0, 0.05) is 0 Å². The van der Waals surface area contributed by atoms with E-state index in [1.807, 2.05) is 0 Å². The minimum Gasteiger partial charge on any atom is -0.288 e. The van der Waals surface area contributed by atoms with Crippen LogP contribution in [0.2, 0.25) is 0 Å². The third-order valence-electron chi connectivity index (χ3n) is 4.19. The summed E-state index contributed by atoms with van der Waals surface area (Å²) in [6.07, 6.45) is 4.70. The lowest BCUT2D eigenvalue weighted by Crippen LogP contribution is -2.21. The average molecular weight is 309 g/mol. The summed E-state index contributed by atoms with van der Waals surface area (Å²) in [6.45, 7) is 0. The molecular weight excluding hydrogens is 294 g/mol. The van der Waals surface area contributed by atoms with E-state index < -0.39 is 26.8 Å². The van der Waals surface area contributed by atoms with Crippen LogP contribution in [0.15, 0.2) is 17.0 Å². The van der Waals surface area contributed by atoms with E-state index in [2.05, 4.69) is 5.32 Å². The first-order valence-electron chi connectivity index (χ1n) is 6.89. The third kappa shape index (κ3) is 2.36. The Morgan fingerprint density at radius 2 is 1.71 bits per heavy atom. The maximum absolute atomic E-state index is 11.9. The first kappa shape index (κ1) is 14.2. The Kier molecular flexibility index (Phi) is 3.33. The Labute approximate surface area is 122 Å². The molecule has 0 atom stereocenters. The van der Waals surface area contributed by atoms with Crippen LogP contribution in [-0.4, -0.2) is 24.8 Å². The second kappa shape index (κ2) is 4.92. The zero-order valence-corrected chi connectivity index (χ0v) is 12.1. The van der Waals surface area contributed by atoms with Crippen molar-refractivity contribution in [2.75, 3.05) is 0 Å². The van der Waals surface area contributed by atoms with Crippen LogP contribution in [0.4, 0.5) is 0 Å². The van der Waals surface area contributed by atoms with Crippen molar-refractivity contribution in [3.05, 3.63) is 28.8 Å². The molecule has 1 aliphatic heterocycles. The number of amides is 2. The summed E-state index contributed by atoms with van der Waals surface area (Å²) < 4.78 is 33.1. The molecule has 1 aliphatic carbocycles. The maximum Gasteiger partial charge on any atom is 0.295 e. The van der Waals surface area contributed by atoms with Crippen LogP contribution in [0.1, 0.15) is 64.3 Å². The monoisotopic (exact) mass is 309 g/mol. The number of nitrogens with one attached hydrogen (secondary N) is 1. The smallest absolute Gasteiger partial charge is 0.288 e. The Bertz CT molecular complexity index is 732. The normalized spacial score (nSPS) is 19.5. The van der Waals surface area contributed by atoms with Gasteiger partial charge in [-0.25, -0.2) is 0 Å². The number of carbonyl (C=O) groups excluding carboxylic acids is 2. The zero-order chi connectivity index (χ0) is 15.2. The van der Waals surface area contributed by atoms with Gasteiger partial charge < -0.3 is 0 Å². The molecule has 1 saturated carbocycles. The number of rotatable bonds is 2. The number of hydrogen-bond donors (Lipinski definition) is 2. The van der Waals surface area contributed by atoms with Crippen LogP contribution in [-0.2, 0) is 10.1 Å². The molecule has 6 nitrogen and oxygen atoms in total. The molecule has 1 fully saturated rings. The molecule has 112 valence electrons. The first-order chi connectivity index (χ1) is 9.89. The second-order valence-corrected chi connectivity index (χ2v) is 6.86. The van der Waals surface area contributed by atoms with Crippen LogP contribution >= 0.6 is 0 Å². The molecule has 0 unspecified atom stereocenters. The topological polar surface area (TPSA) is 101 Å². The molecule has 3 rings (SSSR count). The minimum absolute atomic E-state index is 0.00665. The van der Waals surface area contributed by atoms with Crippen molar-refractivity contribution < 1.29 is 22.6 Å². The van der Waals surface area contributed by atoms with Crippen LogP contribution in [0, 0.1) is 0 Å². The Morgan fingerprint density at radius 1 is 1.05 bits per heavy atom. The fraction of sp³-hybridized carbons (Fsp3) is 0.429. The third-order valence-corrected chi connectivity index (χ3v) is 5.15. The molecule has 2 aliphatic rings. The van der Waals surface area contributed by atoms with Crippen LogP contribution in [0.3, 0.4) is 0 Å². The highest BCUT2D eigenvalue weighted by molar-refractivity contribution is 7.86. The highest BCUT2D eigenvalue weighted by Gasteiger charge is 2.37. The van der Waals surface area contributed by atoms with Crippen molar-refractivity contribution >= 4 is 21.9 Å². The maximum atomic E-state index is 11.9. The molecule has 0 aromatic heterocycles. The van der Waals surface area contributed by atoms with Crippen molar-refractivity contribution in [2.24, 2.45) is 0 Å². The van der Waals surface area contributed by atoms with Crippen molar-refractivity contribution in [2.45, 2.75) is 42.9 Å². The molecule has 2 amide bonds. The van der Waals surface area contributed by atoms with E-state index in [9.17, 15) is 22.6 Å². The predicted molar refractivity (Wildman–Crippen MR) is 73.9 cm³/mol. The standard InChI is InChI=1S/C14H15NO5S/c16-13-10-7-6-9(8-4-2-1-3-5-8)12(21(18,19)20)11(10)14(17)15-13/h6-8H,1-5H2,(H,15,16,17)(H,18,19,20). The van der Waals surface area contributed by atoms with E-state index in [1.165, 1.54) is 6.07 Å². The van der Waals surface area contributed by atoms with Crippen molar-refractivity contribution in [3.63, 3.8) is 0 Å². The summed E-state index contributed by atoms with van der Waals surface area (Å²) >= 11 is 0. The highest BCUT2D eigenvalue weighted by atomic mass is 32.2. The summed E-state index contributed by atoms with van der Waals surface area (Å²) in [5, 5.41) is 2.07. The molecule has 0 radical (unpaired) electrons. The van der Waals surface area contributed by atoms with Gasteiger partial charge in [0.15, 0.2) is 0 Å². The molecule has 2 N–H and O–H groups in total. The lowest BCUT2D eigenvalue weighted by atomic mass is 9.83. The van der Waals surface area contributed by atoms with E-state index in [0.29, 0.717) is 5.56 Å². The predicted octanol–water partition coefficient (Wildman–Crippen LogP) is 1.86. The van der Waals surface area contributed by atoms with E-state index in [1.54, 1.807) is 6.07 Å². The molecule has 1 aromatic carbocycles. The fourth-order valence-electron chi connectivity index (χ4n) is 3.26. The summed E-state index contributed by atoms with van der Waals surface area (Å²) in [4.78, 5) is 23.1. The summed E-state index contributed by atoms with van der Waals surface area (Å²) in [5.41, 5.74) is 0.235. The van der Waals surface area contributed by atoms with E-state index in [-0.39, 0.29) is 17.0 Å². The van der Waals surface area contributed by atoms with E-state index in [0.717, 1.165) is 32.1 Å². The Morgan fingerprint density at radius 3 is 2.33 bits per heavy atom. The van der Waals surface area contributed by atoms with Crippen molar-refractivity contribution in [3.8, 4) is 0 Å². The second-order valence-electron chi connectivity index (χ2n) is 5.50. The molecular formula is C14H15NO5S. The van der Waals surface area contributed by atoms with Gasteiger partial charge in [-0.05, 0) is 30.4 Å². The lowest BCUT2D eigenvalue weighted by molar-refractivity contribution is 0.0878. The number of hydrogen-bond acceptors (Lipinski definition) is 4. The van der Waals surface area contributed by atoms with Gasteiger partial charge in [0.05, 0.1) is 11.1 Å². The van der Waals surface area contributed by atoms with Crippen molar-refractivity contribution in [1.82, 2.24) is 5.32 Å². The highest BCUT2D eigenvalue weighted by Crippen LogP contribution is 2.38. The van der Waals surface area contributed by atoms with Gasteiger partial charge in [-0.2, -0.15) is 8.42 Å². The lowest BCUT2D eigenvalue weighted by Gasteiger charge is -2.24. The number of imide groups is 1. The summed E-state index contributed by atoms with van der Waals surface area (Å²) in [7, 11) is -4.58. The fourth-order valence-corrected chi connectivity index (χ4v) is 4.25. The molecule has 1 heterocycles. The first-order valence-corrected chi connectivity index (χ1v) is 8.33. The van der Waals surface area contributed by atoms with E-state index in [4.69, 9.17) is 0 Å². The molecule has 0 spiro atoms. The number of fused-ring (bicyclic) bond motifs is 1. The van der Waals surface area contributed by atoms with Gasteiger partial charge in [0.2, 0.25) is 0 Å². The van der Waals surface area contributed by atoms with Gasteiger partial charge in [0.1, 0.15) is 4.90 Å². The van der Waals surface area contributed by atoms with Crippen LogP contribution < -0.4 is 5.32 Å². The number of benzene rings is 1. The average Bonchev–Trinajstić information content (AvgIpc) is 2.73. The van der Waals surface area contributed by atoms with Gasteiger partial charge in [-0.1, -0.05) is 25.3 Å². The number of carbonyl (C=O) groups is 2. The molecule has 1 aromatic rings. The van der Waals surface area contributed by atoms with Crippen LogP contribution in [0.5, 0.6) is 0 Å². The molecule has 0 saturated heterocycles. The van der Waals surface area contributed by atoms with Crippen molar-refractivity contribution in [1.29, 1.82) is 0 Å². The van der Waals surface area contributed by atoms with E-state index >= 15 is 0 Å². The molecule has 7 heteroatoms. The van der Waals surface area contributed by atoms with Gasteiger partial charge in [-0.15, -0.1) is 0 Å². The largest absolute Gasteiger partial charge is 0.295 e. The molecule has 21 heavy (non-hydrogen) atoms. The van der Waals surface area contributed by atoms with Gasteiger partial charge in [0.25, 0.3) is 21.9 Å². The van der Waals surface area contributed by atoms with Gasteiger partial charge in [-0.3, -0.25) is 19.5 Å². The molecule has 0 bridgehead atoms. The minimum atomic E-state index is -4.58. The SMILES string of the molecule is O=C1NC(=O)c2c1ccc(C1CCCCC1)c2S(=O)(=O)O. The Hall–Kier alpha value is -1.73. The zero-order valence-electron chi connectivity index (χ0n) is 11.3. The Balaban J connectivity index is 2.25. The summed E-state index contributed by atoms with van der Waals surface area (Å²) in [5.74, 6) is -1.40. The van der Waals surface area contributed by atoms with Gasteiger partial charge >= 0.3 is 0 Å².